The van der Waals surface area contributed by atoms with Crippen molar-refractivity contribution in [3.63, 3.8) is 0 Å². The van der Waals surface area contributed by atoms with Crippen LogP contribution in [-0.2, 0) is 11.3 Å². The summed E-state index contributed by atoms with van der Waals surface area (Å²) < 4.78 is 1.02. The summed E-state index contributed by atoms with van der Waals surface area (Å²) in [6, 6.07) is 9.02. The van der Waals surface area contributed by atoms with Crippen molar-refractivity contribution < 1.29 is 9.90 Å². The molecule has 1 amide bonds. The van der Waals surface area contributed by atoms with Crippen molar-refractivity contribution in [3.05, 3.63) is 62.3 Å². The summed E-state index contributed by atoms with van der Waals surface area (Å²) in [6.45, 7) is 2.05. The highest BCUT2D eigenvalue weighted by molar-refractivity contribution is 5.84. The predicted molar refractivity (Wildman–Crippen MR) is 93.8 cm³/mol. The van der Waals surface area contributed by atoms with Gasteiger partial charge in [0.05, 0.1) is 12.8 Å². The van der Waals surface area contributed by atoms with Gasteiger partial charge in [-0.1, -0.05) is 43.7 Å². The third kappa shape index (κ3) is 4.90. The fourth-order valence-electron chi connectivity index (χ4n) is 2.17. The highest BCUT2D eigenvalue weighted by Gasteiger charge is 2.13. The lowest BCUT2D eigenvalue weighted by atomic mass is 10.2. The molecule has 1 aromatic carbocycles. The van der Waals surface area contributed by atoms with Crippen LogP contribution in [0.5, 0.6) is 5.88 Å². The molecular weight excluding hydrogens is 324 g/mol. The van der Waals surface area contributed by atoms with E-state index in [1.54, 1.807) is 24.3 Å². The van der Waals surface area contributed by atoms with E-state index in [0.717, 1.165) is 29.2 Å². The normalized spacial score (nSPS) is 10.9. The van der Waals surface area contributed by atoms with Crippen LogP contribution in [0, 0.1) is 0 Å². The largest absolute Gasteiger partial charge is 0.494 e. The molecule has 25 heavy (non-hydrogen) atoms. The number of carbonyl (C=O) groups is 1. The molecule has 3 N–H and O–H groups in total. The minimum atomic E-state index is -0.779. The van der Waals surface area contributed by atoms with E-state index in [1.165, 1.54) is 0 Å². The Morgan fingerprint density at radius 1 is 1.32 bits per heavy atom. The monoisotopic (exact) mass is 344 g/mol. The number of nitrogens with zero attached hydrogens (tertiary/aromatic N) is 2. The maximum absolute atomic E-state index is 12.0. The van der Waals surface area contributed by atoms with Crippen LogP contribution >= 0.6 is 0 Å². The molecule has 0 aliphatic carbocycles. The molecule has 0 unspecified atom stereocenters. The van der Waals surface area contributed by atoms with Gasteiger partial charge in [-0.25, -0.2) is 10.2 Å². The zero-order valence-electron chi connectivity index (χ0n) is 13.9. The SMILES string of the molecule is CCCCC(=O)N/N=C\c1c(O)n(Cc2ccccc2)c(=O)[nH]c1=O. The van der Waals surface area contributed by atoms with Crippen LogP contribution in [0.15, 0.2) is 45.0 Å². The number of aromatic hydroxyl groups is 1. The number of H-pyrrole nitrogens is 1. The Labute approximate surface area is 143 Å². The van der Waals surface area contributed by atoms with Gasteiger partial charge in [0.2, 0.25) is 11.8 Å². The lowest BCUT2D eigenvalue weighted by Crippen LogP contribution is -2.32. The van der Waals surface area contributed by atoms with Crippen molar-refractivity contribution in [3.8, 4) is 5.88 Å². The first-order chi connectivity index (χ1) is 12.0. The van der Waals surface area contributed by atoms with Gasteiger partial charge in [-0.15, -0.1) is 0 Å². The molecule has 0 aliphatic rings. The van der Waals surface area contributed by atoms with Crippen LogP contribution in [0.3, 0.4) is 0 Å². The van der Waals surface area contributed by atoms with E-state index in [-0.39, 0.29) is 18.0 Å². The van der Waals surface area contributed by atoms with Gasteiger partial charge < -0.3 is 5.11 Å². The predicted octanol–water partition coefficient (Wildman–Crippen LogP) is 0.931. The molecule has 0 saturated carbocycles. The molecule has 0 atom stereocenters. The molecule has 0 aliphatic heterocycles. The van der Waals surface area contributed by atoms with E-state index in [9.17, 15) is 19.5 Å². The number of nitrogens with one attached hydrogen (secondary N) is 2. The van der Waals surface area contributed by atoms with Crippen molar-refractivity contribution >= 4 is 12.1 Å². The van der Waals surface area contributed by atoms with E-state index < -0.39 is 17.1 Å². The topological polar surface area (TPSA) is 117 Å². The van der Waals surface area contributed by atoms with Crippen molar-refractivity contribution in [2.75, 3.05) is 0 Å². The average molecular weight is 344 g/mol. The summed E-state index contributed by atoms with van der Waals surface area (Å²) in [5.41, 5.74) is 1.36. The zero-order valence-corrected chi connectivity index (χ0v) is 13.9. The first-order valence-corrected chi connectivity index (χ1v) is 7.94. The van der Waals surface area contributed by atoms with Crippen LogP contribution in [0.25, 0.3) is 0 Å². The molecule has 1 heterocycles. The number of hydrogen-bond donors (Lipinski definition) is 3. The summed E-state index contributed by atoms with van der Waals surface area (Å²) >= 11 is 0. The fraction of sp³-hybridized carbons (Fsp3) is 0.294. The number of aromatic amines is 1. The molecule has 8 nitrogen and oxygen atoms in total. The maximum Gasteiger partial charge on any atom is 0.331 e. The quantitative estimate of drug-likeness (QED) is 0.512. The summed E-state index contributed by atoms with van der Waals surface area (Å²) in [7, 11) is 0. The molecule has 0 saturated heterocycles. The highest BCUT2D eigenvalue weighted by Crippen LogP contribution is 2.10. The van der Waals surface area contributed by atoms with E-state index in [0.29, 0.717) is 6.42 Å². The van der Waals surface area contributed by atoms with Gasteiger partial charge in [-0.3, -0.25) is 19.1 Å². The molecule has 2 aromatic rings. The Morgan fingerprint density at radius 2 is 2.04 bits per heavy atom. The minimum Gasteiger partial charge on any atom is -0.494 e. The molecule has 0 spiro atoms. The lowest BCUT2D eigenvalue weighted by Gasteiger charge is -2.09. The van der Waals surface area contributed by atoms with Gasteiger partial charge in [0.1, 0.15) is 5.56 Å². The van der Waals surface area contributed by atoms with E-state index >= 15 is 0 Å². The van der Waals surface area contributed by atoms with Crippen LogP contribution < -0.4 is 16.7 Å². The standard InChI is InChI=1S/C17H20N4O4/c1-2-3-9-14(22)20-18-10-13-15(23)19-17(25)21(16(13)24)11-12-7-5-4-6-8-12/h4-8,10,24H,2-3,9,11H2,1H3,(H,20,22)(H,19,23,25)/b18-10-. The Kier molecular flexibility index (Phi) is 6.27. The van der Waals surface area contributed by atoms with Gasteiger partial charge >= 0.3 is 5.69 Å². The smallest absolute Gasteiger partial charge is 0.331 e. The Bertz CT molecular complexity index is 868. The number of aromatic nitrogens is 2. The zero-order chi connectivity index (χ0) is 18.2. The first-order valence-electron chi connectivity index (χ1n) is 7.94. The molecule has 0 bridgehead atoms. The summed E-state index contributed by atoms with van der Waals surface area (Å²) in [6.07, 6.45) is 2.96. The molecule has 132 valence electrons. The van der Waals surface area contributed by atoms with Crippen LogP contribution in [0.1, 0.15) is 37.3 Å². The second-order valence-electron chi connectivity index (χ2n) is 5.47. The van der Waals surface area contributed by atoms with Gasteiger partial charge in [0.25, 0.3) is 5.56 Å². The number of amides is 1. The molecular formula is C17H20N4O4. The summed E-state index contributed by atoms with van der Waals surface area (Å²) in [5, 5.41) is 13.9. The molecule has 2 rings (SSSR count). The number of benzene rings is 1. The molecule has 0 radical (unpaired) electrons. The number of unbranched alkanes of at least 4 members (excludes halogenated alkanes) is 1. The summed E-state index contributed by atoms with van der Waals surface area (Å²) in [5.74, 6) is -0.796. The number of hydrogen-bond acceptors (Lipinski definition) is 5. The van der Waals surface area contributed by atoms with Gasteiger partial charge in [-0.2, -0.15) is 5.10 Å². The number of carbonyl (C=O) groups excluding carboxylic acids is 1. The van der Waals surface area contributed by atoms with Crippen molar-refractivity contribution in [1.29, 1.82) is 0 Å². The second kappa shape index (κ2) is 8.62. The first kappa shape index (κ1) is 18.2. The maximum atomic E-state index is 12.0. The van der Waals surface area contributed by atoms with Gasteiger partial charge in [0.15, 0.2) is 0 Å². The number of rotatable bonds is 7. The average Bonchev–Trinajstić information content (AvgIpc) is 2.60. The van der Waals surface area contributed by atoms with Crippen LogP contribution in [-0.4, -0.2) is 26.8 Å². The number of hydrazone groups is 1. The third-order valence-corrected chi connectivity index (χ3v) is 3.53. The second-order valence-corrected chi connectivity index (χ2v) is 5.47. The molecule has 0 fully saturated rings. The lowest BCUT2D eigenvalue weighted by molar-refractivity contribution is -0.121. The third-order valence-electron chi connectivity index (χ3n) is 3.53. The Morgan fingerprint density at radius 3 is 2.72 bits per heavy atom. The van der Waals surface area contributed by atoms with E-state index in [1.807, 2.05) is 13.0 Å². The molecule has 1 aromatic heterocycles. The van der Waals surface area contributed by atoms with Crippen LogP contribution in [0.4, 0.5) is 0 Å². The van der Waals surface area contributed by atoms with Gasteiger partial charge in [-0.05, 0) is 12.0 Å². The van der Waals surface area contributed by atoms with Gasteiger partial charge in [0, 0.05) is 6.42 Å². The molecule has 8 heteroatoms. The van der Waals surface area contributed by atoms with E-state index in [2.05, 4.69) is 15.5 Å². The Hall–Kier alpha value is -3.16. The minimum absolute atomic E-state index is 0.0893. The van der Waals surface area contributed by atoms with Crippen molar-refractivity contribution in [2.45, 2.75) is 32.7 Å². The highest BCUT2D eigenvalue weighted by atomic mass is 16.3. The summed E-state index contributed by atoms with van der Waals surface area (Å²) in [4.78, 5) is 37.5. The fourth-order valence-corrected chi connectivity index (χ4v) is 2.17. The van der Waals surface area contributed by atoms with Crippen LogP contribution in [0.2, 0.25) is 0 Å². The van der Waals surface area contributed by atoms with Crippen molar-refractivity contribution in [1.82, 2.24) is 15.0 Å². The Balaban J connectivity index is 2.24. The van der Waals surface area contributed by atoms with Crippen molar-refractivity contribution in [2.24, 2.45) is 5.10 Å². The van der Waals surface area contributed by atoms with E-state index in [4.69, 9.17) is 0 Å².